The van der Waals surface area contributed by atoms with Gasteiger partial charge < -0.3 is 5.32 Å². The van der Waals surface area contributed by atoms with Gasteiger partial charge in [-0.3, -0.25) is 0 Å². The third kappa shape index (κ3) is 3.72. The lowest BCUT2D eigenvalue weighted by molar-refractivity contribution is 0.547. The maximum atomic E-state index is 3.58. The Morgan fingerprint density at radius 3 is 2.46 bits per heavy atom. The van der Waals surface area contributed by atoms with Crippen LogP contribution in [0.2, 0.25) is 0 Å². The van der Waals surface area contributed by atoms with E-state index in [1.807, 2.05) is 11.8 Å². The van der Waals surface area contributed by atoms with Crippen LogP contribution in [0.4, 0.5) is 0 Å². The molecule has 78 valence electrons. The number of rotatable bonds is 6. The van der Waals surface area contributed by atoms with E-state index >= 15 is 0 Å². The maximum Gasteiger partial charge on any atom is 0.0281 e. The van der Waals surface area contributed by atoms with Crippen molar-refractivity contribution in [3.63, 3.8) is 0 Å². The lowest BCUT2D eigenvalue weighted by atomic mass is 10.1. The minimum Gasteiger partial charge on any atom is -0.315 e. The van der Waals surface area contributed by atoms with E-state index in [0.717, 1.165) is 0 Å². The topological polar surface area (TPSA) is 12.0 Å². The molecule has 0 amide bonds. The first kappa shape index (κ1) is 11.7. The molecule has 0 radical (unpaired) electrons. The van der Waals surface area contributed by atoms with Crippen LogP contribution in [0.5, 0.6) is 0 Å². The molecule has 1 saturated carbocycles. The second kappa shape index (κ2) is 6.20. The first-order chi connectivity index (χ1) is 6.33. The van der Waals surface area contributed by atoms with Crippen LogP contribution >= 0.6 is 23.5 Å². The van der Waals surface area contributed by atoms with Crippen molar-refractivity contribution in [3.05, 3.63) is 0 Å². The highest BCUT2D eigenvalue weighted by molar-refractivity contribution is 8.00. The average molecular weight is 219 g/mol. The van der Waals surface area contributed by atoms with E-state index in [-0.39, 0.29) is 0 Å². The highest BCUT2D eigenvalue weighted by Crippen LogP contribution is 2.39. The Morgan fingerprint density at radius 1 is 1.23 bits per heavy atom. The van der Waals surface area contributed by atoms with Crippen LogP contribution in [-0.4, -0.2) is 36.1 Å². The summed E-state index contributed by atoms with van der Waals surface area (Å²) in [5.74, 6) is 1.24. The third-order valence-corrected chi connectivity index (χ3v) is 4.91. The van der Waals surface area contributed by atoms with Gasteiger partial charge >= 0.3 is 0 Å². The van der Waals surface area contributed by atoms with E-state index in [0.29, 0.717) is 4.75 Å². The quantitative estimate of drug-likeness (QED) is 0.690. The molecule has 3 heteroatoms. The minimum atomic E-state index is 0.582. The Bertz CT molecular complexity index is 133. The normalized spacial score (nSPS) is 20.8. The summed E-state index contributed by atoms with van der Waals surface area (Å²) in [6.07, 6.45) is 10.1. The Kier molecular flexibility index (Phi) is 5.60. The van der Waals surface area contributed by atoms with Crippen LogP contribution in [0.1, 0.15) is 25.7 Å². The summed E-state index contributed by atoms with van der Waals surface area (Å²) >= 11 is 3.99. The number of hydrogen-bond acceptors (Lipinski definition) is 3. The van der Waals surface area contributed by atoms with Crippen molar-refractivity contribution in [1.29, 1.82) is 0 Å². The highest BCUT2D eigenvalue weighted by atomic mass is 32.2. The van der Waals surface area contributed by atoms with Gasteiger partial charge in [0.1, 0.15) is 0 Å². The Labute approximate surface area is 90.8 Å². The first-order valence-corrected chi connectivity index (χ1v) is 7.70. The molecule has 1 rings (SSSR count). The van der Waals surface area contributed by atoms with Gasteiger partial charge in [-0.15, -0.1) is 0 Å². The van der Waals surface area contributed by atoms with Crippen LogP contribution < -0.4 is 5.32 Å². The molecule has 1 nitrogen and oxygen atoms in total. The molecule has 0 spiro atoms. The van der Waals surface area contributed by atoms with E-state index < -0.39 is 0 Å². The van der Waals surface area contributed by atoms with Crippen molar-refractivity contribution in [2.75, 3.05) is 31.4 Å². The smallest absolute Gasteiger partial charge is 0.0281 e. The summed E-state index contributed by atoms with van der Waals surface area (Å²) in [5, 5.41) is 3.58. The molecule has 0 bridgehead atoms. The van der Waals surface area contributed by atoms with Gasteiger partial charge in [0, 0.05) is 23.6 Å². The zero-order valence-electron chi connectivity index (χ0n) is 8.77. The Morgan fingerprint density at radius 2 is 1.92 bits per heavy atom. The van der Waals surface area contributed by atoms with Gasteiger partial charge in [-0.1, -0.05) is 12.8 Å². The molecule has 0 aromatic rings. The second-order valence-electron chi connectivity index (χ2n) is 3.76. The molecule has 0 aromatic heterocycles. The van der Waals surface area contributed by atoms with Crippen LogP contribution in [-0.2, 0) is 0 Å². The number of nitrogens with one attached hydrogen (secondary N) is 1. The van der Waals surface area contributed by atoms with Crippen LogP contribution in [0.3, 0.4) is 0 Å². The molecule has 1 fully saturated rings. The van der Waals surface area contributed by atoms with Gasteiger partial charge in [0.15, 0.2) is 0 Å². The molecule has 1 N–H and O–H groups in total. The molecule has 1 aliphatic carbocycles. The van der Waals surface area contributed by atoms with Crippen LogP contribution in [0.25, 0.3) is 0 Å². The summed E-state index contributed by atoms with van der Waals surface area (Å²) in [6, 6.07) is 0. The molecule has 13 heavy (non-hydrogen) atoms. The van der Waals surface area contributed by atoms with E-state index in [4.69, 9.17) is 0 Å². The van der Waals surface area contributed by atoms with Gasteiger partial charge in [0.25, 0.3) is 0 Å². The fourth-order valence-corrected chi connectivity index (χ4v) is 3.25. The molecule has 1 aliphatic rings. The molecule has 0 aromatic carbocycles. The largest absolute Gasteiger partial charge is 0.315 e. The van der Waals surface area contributed by atoms with E-state index in [2.05, 4.69) is 29.6 Å². The van der Waals surface area contributed by atoms with Crippen molar-refractivity contribution in [2.24, 2.45) is 0 Å². The summed E-state index contributed by atoms with van der Waals surface area (Å²) in [4.78, 5) is 0. The van der Waals surface area contributed by atoms with Crippen molar-refractivity contribution in [3.8, 4) is 0 Å². The molecule has 0 heterocycles. The van der Waals surface area contributed by atoms with Gasteiger partial charge in [-0.2, -0.15) is 23.5 Å². The van der Waals surface area contributed by atoms with Crippen LogP contribution in [0.15, 0.2) is 0 Å². The van der Waals surface area contributed by atoms with Crippen molar-refractivity contribution < 1.29 is 0 Å². The maximum absolute atomic E-state index is 3.58. The molecule has 0 atom stereocenters. The van der Waals surface area contributed by atoms with Crippen molar-refractivity contribution in [2.45, 2.75) is 30.4 Å². The minimum absolute atomic E-state index is 0.582. The molecule has 0 unspecified atom stereocenters. The molecular weight excluding hydrogens is 198 g/mol. The Hall–Kier alpha value is 0.660. The van der Waals surface area contributed by atoms with Crippen molar-refractivity contribution in [1.82, 2.24) is 5.32 Å². The van der Waals surface area contributed by atoms with E-state index in [1.165, 1.54) is 44.5 Å². The lowest BCUT2D eigenvalue weighted by Gasteiger charge is -2.26. The highest BCUT2D eigenvalue weighted by Gasteiger charge is 2.32. The SMILES string of the molecule is CSCCNCC1(SC)CCCC1. The first-order valence-electron chi connectivity index (χ1n) is 5.08. The number of hydrogen-bond donors (Lipinski definition) is 1. The van der Waals surface area contributed by atoms with Gasteiger partial charge in [0.05, 0.1) is 0 Å². The summed E-state index contributed by atoms with van der Waals surface area (Å²) in [6.45, 7) is 2.39. The molecule has 0 saturated heterocycles. The predicted octanol–water partition coefficient (Wildman–Crippen LogP) is 2.61. The standard InChI is InChI=1S/C10H21NS2/c1-12-8-7-11-9-10(13-2)5-3-4-6-10/h11H,3-9H2,1-2H3. The summed E-state index contributed by atoms with van der Waals surface area (Å²) < 4.78 is 0.582. The van der Waals surface area contributed by atoms with Gasteiger partial charge in [-0.05, 0) is 25.4 Å². The Balaban J connectivity index is 2.16. The van der Waals surface area contributed by atoms with E-state index in [1.54, 1.807) is 0 Å². The second-order valence-corrected chi connectivity index (χ2v) is 6.02. The van der Waals surface area contributed by atoms with Gasteiger partial charge in [0.2, 0.25) is 0 Å². The predicted molar refractivity (Wildman–Crippen MR) is 66.0 cm³/mol. The lowest BCUT2D eigenvalue weighted by Crippen LogP contribution is -2.36. The molecular formula is C10H21NS2. The fraction of sp³-hybridized carbons (Fsp3) is 1.00. The number of thioether (sulfide) groups is 2. The third-order valence-electron chi connectivity index (χ3n) is 2.88. The average Bonchev–Trinajstić information content (AvgIpc) is 2.62. The summed E-state index contributed by atoms with van der Waals surface area (Å²) in [7, 11) is 0. The molecule has 0 aliphatic heterocycles. The zero-order valence-corrected chi connectivity index (χ0v) is 10.4. The van der Waals surface area contributed by atoms with E-state index in [9.17, 15) is 0 Å². The summed E-state index contributed by atoms with van der Waals surface area (Å²) in [5.41, 5.74) is 0. The zero-order chi connectivity index (χ0) is 9.57. The fourth-order valence-electron chi connectivity index (χ4n) is 1.96. The van der Waals surface area contributed by atoms with Gasteiger partial charge in [-0.25, -0.2) is 0 Å². The monoisotopic (exact) mass is 219 g/mol. The van der Waals surface area contributed by atoms with Crippen molar-refractivity contribution >= 4 is 23.5 Å². The van der Waals surface area contributed by atoms with Crippen LogP contribution in [0, 0.1) is 0 Å².